The van der Waals surface area contributed by atoms with Gasteiger partial charge in [0.2, 0.25) is 11.8 Å². The molecule has 2 aromatic heterocycles. The molecule has 0 aliphatic heterocycles. The Morgan fingerprint density at radius 3 is 2.58 bits per heavy atom. The first kappa shape index (κ1) is 23.2. The molecule has 0 saturated heterocycles. The minimum Gasteiger partial charge on any atom is -0.497 e. The monoisotopic (exact) mass is 450 g/mol. The van der Waals surface area contributed by atoms with Crippen molar-refractivity contribution in [3.05, 3.63) is 72.7 Å². The van der Waals surface area contributed by atoms with Gasteiger partial charge in [0.25, 0.3) is 5.91 Å². The minimum absolute atomic E-state index is 0.0222. The highest BCUT2D eigenvalue weighted by molar-refractivity contribution is 5.96. The SMILES string of the molecule is COc1cccc(NC(=O)CN(C)C(=O)COC(=O)c2cccnc2Oc2cccnc2)c1. The summed E-state index contributed by atoms with van der Waals surface area (Å²) in [5, 5.41) is 2.67. The number of esters is 1. The molecule has 3 rings (SSSR count). The van der Waals surface area contributed by atoms with Crippen molar-refractivity contribution in [2.75, 3.05) is 32.6 Å². The lowest BCUT2D eigenvalue weighted by molar-refractivity contribution is -0.136. The number of hydrogen-bond acceptors (Lipinski definition) is 8. The third kappa shape index (κ3) is 6.76. The van der Waals surface area contributed by atoms with Crippen LogP contribution in [0.5, 0.6) is 17.4 Å². The van der Waals surface area contributed by atoms with E-state index in [-0.39, 0.29) is 18.0 Å². The van der Waals surface area contributed by atoms with Crippen LogP contribution in [0.1, 0.15) is 10.4 Å². The number of carbonyl (C=O) groups excluding carboxylic acids is 3. The summed E-state index contributed by atoms with van der Waals surface area (Å²) in [4.78, 5) is 46.2. The van der Waals surface area contributed by atoms with Crippen molar-refractivity contribution in [1.82, 2.24) is 14.9 Å². The molecule has 33 heavy (non-hydrogen) atoms. The summed E-state index contributed by atoms with van der Waals surface area (Å²) < 4.78 is 15.8. The third-order valence-electron chi connectivity index (χ3n) is 4.33. The lowest BCUT2D eigenvalue weighted by atomic mass is 10.3. The van der Waals surface area contributed by atoms with Crippen molar-refractivity contribution in [2.45, 2.75) is 0 Å². The van der Waals surface area contributed by atoms with E-state index in [0.717, 1.165) is 4.90 Å². The number of methoxy groups -OCH3 is 1. The van der Waals surface area contributed by atoms with E-state index in [2.05, 4.69) is 15.3 Å². The molecule has 0 spiro atoms. The van der Waals surface area contributed by atoms with Crippen LogP contribution in [-0.2, 0) is 14.3 Å². The average Bonchev–Trinajstić information content (AvgIpc) is 2.83. The Hall–Kier alpha value is -4.47. The maximum absolute atomic E-state index is 12.5. The van der Waals surface area contributed by atoms with Gasteiger partial charge in [-0.2, -0.15) is 0 Å². The summed E-state index contributed by atoms with van der Waals surface area (Å²) >= 11 is 0. The van der Waals surface area contributed by atoms with Crippen LogP contribution in [0.15, 0.2) is 67.1 Å². The zero-order valence-corrected chi connectivity index (χ0v) is 18.1. The number of likely N-dealkylation sites (N-methyl/N-ethyl adjacent to an activating group) is 1. The van der Waals surface area contributed by atoms with Gasteiger partial charge in [0.15, 0.2) is 6.61 Å². The average molecular weight is 450 g/mol. The summed E-state index contributed by atoms with van der Waals surface area (Å²) in [5.74, 6) is -0.749. The fraction of sp³-hybridized carbons (Fsp3) is 0.174. The number of nitrogens with zero attached hydrogens (tertiary/aromatic N) is 3. The van der Waals surface area contributed by atoms with E-state index in [1.54, 1.807) is 48.7 Å². The van der Waals surface area contributed by atoms with Crippen LogP contribution >= 0.6 is 0 Å². The Labute approximate surface area is 190 Å². The van der Waals surface area contributed by atoms with Gasteiger partial charge in [-0.25, -0.2) is 9.78 Å². The van der Waals surface area contributed by atoms with E-state index in [1.807, 2.05) is 0 Å². The van der Waals surface area contributed by atoms with Gasteiger partial charge in [-0.05, 0) is 36.4 Å². The zero-order chi connectivity index (χ0) is 23.6. The Balaban J connectivity index is 1.52. The third-order valence-corrected chi connectivity index (χ3v) is 4.33. The van der Waals surface area contributed by atoms with Gasteiger partial charge < -0.3 is 24.4 Å². The molecule has 170 valence electrons. The second kappa shape index (κ2) is 11.2. The molecule has 0 aliphatic rings. The molecule has 0 atom stereocenters. The largest absolute Gasteiger partial charge is 0.497 e. The number of ether oxygens (including phenoxy) is 3. The Morgan fingerprint density at radius 2 is 1.82 bits per heavy atom. The van der Waals surface area contributed by atoms with Crippen molar-refractivity contribution in [3.63, 3.8) is 0 Å². The number of aromatic nitrogens is 2. The fourth-order valence-electron chi connectivity index (χ4n) is 2.67. The van der Waals surface area contributed by atoms with Crippen molar-refractivity contribution in [1.29, 1.82) is 0 Å². The van der Waals surface area contributed by atoms with Crippen LogP contribution in [-0.4, -0.2) is 60.0 Å². The highest BCUT2D eigenvalue weighted by atomic mass is 16.5. The minimum atomic E-state index is -0.787. The van der Waals surface area contributed by atoms with E-state index in [9.17, 15) is 14.4 Å². The molecule has 1 N–H and O–H groups in total. The number of pyridine rings is 2. The summed E-state index contributed by atoms with van der Waals surface area (Å²) in [7, 11) is 2.95. The molecule has 10 heteroatoms. The molecule has 0 bridgehead atoms. The van der Waals surface area contributed by atoms with Gasteiger partial charge in [0.05, 0.1) is 19.9 Å². The molecule has 2 amide bonds. The standard InChI is InChI=1S/C23H22N4O6/c1-27(14-20(28)26-16-6-3-7-17(12-16)31-2)21(29)15-32-23(30)19-9-5-11-25-22(19)33-18-8-4-10-24-13-18/h3-13H,14-15H2,1-2H3,(H,26,28). The normalized spacial score (nSPS) is 10.1. The topological polar surface area (TPSA) is 120 Å². The molecule has 2 heterocycles. The number of hydrogen-bond donors (Lipinski definition) is 1. The number of benzene rings is 1. The zero-order valence-electron chi connectivity index (χ0n) is 18.1. The van der Waals surface area contributed by atoms with Crippen LogP contribution in [0.2, 0.25) is 0 Å². The number of rotatable bonds is 9. The summed E-state index contributed by atoms with van der Waals surface area (Å²) in [6, 6.07) is 13.2. The van der Waals surface area contributed by atoms with E-state index in [4.69, 9.17) is 14.2 Å². The van der Waals surface area contributed by atoms with Crippen LogP contribution in [0, 0.1) is 0 Å². The molecule has 0 saturated carbocycles. The summed E-state index contributed by atoms with van der Waals surface area (Å²) in [6.45, 7) is -0.779. The van der Waals surface area contributed by atoms with Crippen LogP contribution in [0.4, 0.5) is 5.69 Å². The smallest absolute Gasteiger partial charge is 0.344 e. The first-order chi connectivity index (χ1) is 16.0. The van der Waals surface area contributed by atoms with Crippen molar-refractivity contribution in [3.8, 4) is 17.4 Å². The Bertz CT molecular complexity index is 1120. The molecule has 0 fully saturated rings. The van der Waals surface area contributed by atoms with Crippen molar-refractivity contribution < 1.29 is 28.6 Å². The van der Waals surface area contributed by atoms with Crippen molar-refractivity contribution >= 4 is 23.5 Å². The predicted octanol–water partition coefficient (Wildman–Crippen LogP) is 2.53. The van der Waals surface area contributed by atoms with Crippen LogP contribution in [0.3, 0.4) is 0 Å². The lowest BCUT2D eigenvalue weighted by Crippen LogP contribution is -2.37. The molecule has 10 nitrogen and oxygen atoms in total. The number of nitrogens with one attached hydrogen (secondary N) is 1. The molecular formula is C23H22N4O6. The quantitative estimate of drug-likeness (QED) is 0.494. The van der Waals surface area contributed by atoms with Gasteiger partial charge in [-0.1, -0.05) is 6.07 Å². The van der Waals surface area contributed by atoms with Gasteiger partial charge in [-0.3, -0.25) is 14.6 Å². The predicted molar refractivity (Wildman–Crippen MR) is 118 cm³/mol. The molecule has 0 unspecified atom stereocenters. The van der Waals surface area contributed by atoms with Gasteiger partial charge in [-0.15, -0.1) is 0 Å². The second-order valence-corrected chi connectivity index (χ2v) is 6.75. The summed E-state index contributed by atoms with van der Waals surface area (Å²) in [6.07, 6.45) is 4.51. The molecule has 0 radical (unpaired) electrons. The Kier molecular flexibility index (Phi) is 7.90. The number of amides is 2. The lowest BCUT2D eigenvalue weighted by Gasteiger charge is -2.17. The number of carbonyl (C=O) groups is 3. The number of anilines is 1. The first-order valence-electron chi connectivity index (χ1n) is 9.84. The first-order valence-corrected chi connectivity index (χ1v) is 9.84. The van der Waals surface area contributed by atoms with E-state index in [1.165, 1.54) is 32.6 Å². The Morgan fingerprint density at radius 1 is 1.03 bits per heavy atom. The van der Waals surface area contributed by atoms with E-state index < -0.39 is 24.4 Å². The van der Waals surface area contributed by atoms with Crippen molar-refractivity contribution in [2.24, 2.45) is 0 Å². The molecule has 1 aromatic carbocycles. The van der Waals surface area contributed by atoms with Gasteiger partial charge in [0.1, 0.15) is 17.1 Å². The maximum Gasteiger partial charge on any atom is 0.344 e. The van der Waals surface area contributed by atoms with Crippen LogP contribution < -0.4 is 14.8 Å². The van der Waals surface area contributed by atoms with Gasteiger partial charge >= 0.3 is 5.97 Å². The second-order valence-electron chi connectivity index (χ2n) is 6.75. The highest BCUT2D eigenvalue weighted by Crippen LogP contribution is 2.22. The molecule has 0 aliphatic carbocycles. The van der Waals surface area contributed by atoms with Crippen LogP contribution in [0.25, 0.3) is 0 Å². The highest BCUT2D eigenvalue weighted by Gasteiger charge is 2.19. The molecule has 3 aromatic rings. The maximum atomic E-state index is 12.5. The van der Waals surface area contributed by atoms with E-state index in [0.29, 0.717) is 17.2 Å². The van der Waals surface area contributed by atoms with E-state index >= 15 is 0 Å². The summed E-state index contributed by atoms with van der Waals surface area (Å²) in [5.41, 5.74) is 0.580. The van der Waals surface area contributed by atoms with Gasteiger partial charge in [0, 0.05) is 31.2 Å². The fourth-order valence-corrected chi connectivity index (χ4v) is 2.67. The molecular weight excluding hydrogens is 428 g/mol.